The molecule has 9 heteroatoms. The summed E-state index contributed by atoms with van der Waals surface area (Å²) in [5.74, 6) is 0.00369. The molecule has 0 fully saturated rings. The summed E-state index contributed by atoms with van der Waals surface area (Å²) in [6.07, 6.45) is 3.22. The molecule has 2 heterocycles. The number of nitrogens with one attached hydrogen (secondary N) is 2. The lowest BCUT2D eigenvalue weighted by atomic mass is 10.3. The summed E-state index contributed by atoms with van der Waals surface area (Å²) >= 11 is 0. The average Bonchev–Trinajstić information content (AvgIpc) is 3.10. The summed E-state index contributed by atoms with van der Waals surface area (Å²) in [4.78, 5) is 18.9. The minimum Gasteiger partial charge on any atom is -0.438 e. The Morgan fingerprint density at radius 3 is 2.71 bits per heavy atom. The third kappa shape index (κ3) is 3.14. The highest BCUT2D eigenvalue weighted by atomic mass is 32.2. The average molecular weight is 312 g/mol. The molecule has 0 saturated carbocycles. The van der Waals surface area contributed by atoms with Crippen molar-refractivity contribution >= 4 is 15.9 Å². The zero-order valence-electron chi connectivity index (χ0n) is 11.8. The van der Waals surface area contributed by atoms with Gasteiger partial charge in [-0.05, 0) is 19.1 Å². The molecule has 0 saturated heterocycles. The Bertz CT molecular complexity index is 718. The van der Waals surface area contributed by atoms with Gasteiger partial charge in [-0.3, -0.25) is 4.79 Å². The van der Waals surface area contributed by atoms with Crippen LogP contribution in [0.3, 0.4) is 0 Å². The number of H-pyrrole nitrogens is 1. The van der Waals surface area contributed by atoms with Crippen molar-refractivity contribution in [2.75, 3.05) is 14.1 Å². The highest BCUT2D eigenvalue weighted by molar-refractivity contribution is 7.88. The number of rotatable bonds is 5. The van der Waals surface area contributed by atoms with Gasteiger partial charge >= 0.3 is 0 Å². The van der Waals surface area contributed by atoms with E-state index >= 15 is 0 Å². The molecule has 21 heavy (non-hydrogen) atoms. The molecule has 1 amide bonds. The molecule has 0 aliphatic heterocycles. The van der Waals surface area contributed by atoms with Crippen LogP contribution in [-0.4, -0.2) is 42.7 Å². The number of hydrogen-bond donors (Lipinski definition) is 2. The van der Waals surface area contributed by atoms with Crippen LogP contribution in [0.15, 0.2) is 34.0 Å². The fourth-order valence-electron chi connectivity index (χ4n) is 1.61. The Morgan fingerprint density at radius 2 is 2.14 bits per heavy atom. The van der Waals surface area contributed by atoms with Gasteiger partial charge in [-0.15, -0.1) is 0 Å². The van der Waals surface area contributed by atoms with Gasteiger partial charge in [0.2, 0.25) is 5.09 Å². The molecule has 0 spiro atoms. The summed E-state index contributed by atoms with van der Waals surface area (Å²) < 4.78 is 29.9. The van der Waals surface area contributed by atoms with Crippen molar-refractivity contribution in [1.82, 2.24) is 19.6 Å². The van der Waals surface area contributed by atoms with E-state index in [0.717, 1.165) is 4.31 Å². The summed E-state index contributed by atoms with van der Waals surface area (Å²) in [5, 5.41) is 2.38. The number of aromatic nitrogens is 2. The molecule has 114 valence electrons. The van der Waals surface area contributed by atoms with Gasteiger partial charge < -0.3 is 14.7 Å². The van der Waals surface area contributed by atoms with Crippen LogP contribution in [-0.2, 0) is 10.0 Å². The molecule has 0 aliphatic rings. The maximum absolute atomic E-state index is 12.0. The highest BCUT2D eigenvalue weighted by Gasteiger charge is 2.24. The van der Waals surface area contributed by atoms with Crippen molar-refractivity contribution in [3.8, 4) is 0 Å². The summed E-state index contributed by atoms with van der Waals surface area (Å²) in [6.45, 7) is 1.75. The number of nitrogens with zero attached hydrogens (tertiary/aromatic N) is 2. The van der Waals surface area contributed by atoms with E-state index in [0.29, 0.717) is 5.82 Å². The van der Waals surface area contributed by atoms with Crippen LogP contribution in [0.2, 0.25) is 0 Å². The minimum absolute atomic E-state index is 0.0752. The SMILES string of the molecule is CC(NC(=O)c1ccc(S(=O)(=O)N(C)C)o1)c1ncc[nH]1. The summed E-state index contributed by atoms with van der Waals surface area (Å²) in [7, 11) is -0.922. The predicted octanol–water partition coefficient (Wildman–Crippen LogP) is 0.744. The first-order chi connectivity index (χ1) is 9.82. The van der Waals surface area contributed by atoms with Crippen LogP contribution in [0.4, 0.5) is 0 Å². The van der Waals surface area contributed by atoms with Crippen molar-refractivity contribution in [2.45, 2.75) is 18.1 Å². The van der Waals surface area contributed by atoms with Crippen molar-refractivity contribution in [1.29, 1.82) is 0 Å². The van der Waals surface area contributed by atoms with E-state index in [2.05, 4.69) is 15.3 Å². The Hall–Kier alpha value is -2.13. The maximum atomic E-state index is 12.0. The van der Waals surface area contributed by atoms with E-state index in [1.54, 1.807) is 19.3 Å². The lowest BCUT2D eigenvalue weighted by Crippen LogP contribution is -2.27. The van der Waals surface area contributed by atoms with E-state index in [1.165, 1.54) is 26.2 Å². The van der Waals surface area contributed by atoms with Gasteiger partial charge in [-0.25, -0.2) is 17.7 Å². The van der Waals surface area contributed by atoms with Gasteiger partial charge in [-0.2, -0.15) is 0 Å². The first kappa shape index (κ1) is 15.3. The van der Waals surface area contributed by atoms with Gasteiger partial charge in [-0.1, -0.05) is 0 Å². The molecule has 1 atom stereocenters. The summed E-state index contributed by atoms with van der Waals surface area (Å²) in [6, 6.07) is 2.22. The van der Waals surface area contributed by atoms with Crippen molar-refractivity contribution in [3.63, 3.8) is 0 Å². The fraction of sp³-hybridized carbons (Fsp3) is 0.333. The monoisotopic (exact) mass is 312 g/mol. The van der Waals surface area contributed by atoms with Crippen molar-refractivity contribution in [3.05, 3.63) is 36.1 Å². The molecule has 0 bridgehead atoms. The maximum Gasteiger partial charge on any atom is 0.287 e. The lowest BCUT2D eigenvalue weighted by molar-refractivity contribution is 0.0905. The molecular formula is C12H16N4O4S. The number of aromatic amines is 1. The van der Waals surface area contributed by atoms with Crippen molar-refractivity contribution < 1.29 is 17.6 Å². The van der Waals surface area contributed by atoms with Crippen LogP contribution >= 0.6 is 0 Å². The van der Waals surface area contributed by atoms with E-state index in [4.69, 9.17) is 4.42 Å². The van der Waals surface area contributed by atoms with Gasteiger partial charge in [0.1, 0.15) is 5.82 Å². The van der Waals surface area contributed by atoms with E-state index in [1.807, 2.05) is 0 Å². The number of carbonyl (C=O) groups excluding carboxylic acids is 1. The molecule has 2 rings (SSSR count). The van der Waals surface area contributed by atoms with E-state index < -0.39 is 15.9 Å². The molecule has 2 aromatic heterocycles. The van der Waals surface area contributed by atoms with Gasteiger partial charge in [0.15, 0.2) is 5.76 Å². The number of sulfonamides is 1. The molecule has 0 aromatic carbocycles. The summed E-state index contributed by atoms with van der Waals surface area (Å²) in [5.41, 5.74) is 0. The van der Waals surface area contributed by atoms with Crippen LogP contribution < -0.4 is 5.32 Å². The Balaban J connectivity index is 2.13. The first-order valence-corrected chi connectivity index (χ1v) is 7.59. The number of imidazole rings is 1. The zero-order valence-corrected chi connectivity index (χ0v) is 12.6. The molecule has 2 aromatic rings. The first-order valence-electron chi connectivity index (χ1n) is 6.15. The second kappa shape index (κ2) is 5.70. The normalized spacial score (nSPS) is 13.3. The van der Waals surface area contributed by atoms with Gasteiger partial charge in [0.25, 0.3) is 15.9 Å². The van der Waals surface area contributed by atoms with Crippen LogP contribution in [0, 0.1) is 0 Å². The standard InChI is InChI=1S/C12H16N4O4S/c1-8(11-13-6-7-14-11)15-12(17)9-4-5-10(20-9)21(18,19)16(2)3/h4-8H,1-3H3,(H,13,14)(H,15,17). The van der Waals surface area contributed by atoms with Gasteiger partial charge in [0.05, 0.1) is 6.04 Å². The van der Waals surface area contributed by atoms with E-state index in [9.17, 15) is 13.2 Å². The number of carbonyl (C=O) groups is 1. The van der Waals surface area contributed by atoms with Crippen LogP contribution in [0.1, 0.15) is 29.3 Å². The quantitative estimate of drug-likeness (QED) is 0.846. The lowest BCUT2D eigenvalue weighted by Gasteiger charge is -2.10. The smallest absolute Gasteiger partial charge is 0.287 e. The van der Waals surface area contributed by atoms with Crippen molar-refractivity contribution in [2.24, 2.45) is 0 Å². The van der Waals surface area contributed by atoms with Gasteiger partial charge in [0, 0.05) is 26.5 Å². The second-order valence-electron chi connectivity index (χ2n) is 4.58. The topological polar surface area (TPSA) is 108 Å². The molecule has 2 N–H and O–H groups in total. The zero-order chi connectivity index (χ0) is 15.6. The minimum atomic E-state index is -3.69. The fourth-order valence-corrected chi connectivity index (χ4v) is 2.41. The molecule has 1 unspecified atom stereocenters. The Kier molecular flexibility index (Phi) is 4.14. The van der Waals surface area contributed by atoms with Crippen LogP contribution in [0.5, 0.6) is 0 Å². The molecule has 0 radical (unpaired) electrons. The number of amides is 1. The number of furan rings is 1. The second-order valence-corrected chi connectivity index (χ2v) is 6.66. The third-order valence-corrected chi connectivity index (χ3v) is 4.51. The van der Waals surface area contributed by atoms with E-state index in [-0.39, 0.29) is 16.9 Å². The predicted molar refractivity (Wildman–Crippen MR) is 74.0 cm³/mol. The third-order valence-electron chi connectivity index (χ3n) is 2.82. The highest BCUT2D eigenvalue weighted by Crippen LogP contribution is 2.17. The molecular weight excluding hydrogens is 296 g/mol. The number of hydrogen-bond acceptors (Lipinski definition) is 5. The molecule has 0 aliphatic carbocycles. The Labute approximate surface area is 122 Å². The Morgan fingerprint density at radius 1 is 1.43 bits per heavy atom. The largest absolute Gasteiger partial charge is 0.438 e. The van der Waals surface area contributed by atoms with Crippen LogP contribution in [0.25, 0.3) is 0 Å². The molecule has 8 nitrogen and oxygen atoms in total.